The SMILES string of the molecule is CCNC(=O)C(CC)N(Cc1c(Cl)cccc1Cl)C(=O)CN(c1cccc(Cl)c1Cl)S(=O)(=O)c1ccc(C)cc1. The standard InChI is InChI=1S/C28H29Cl4N3O4S/c1-4-24(28(37)33-5-2)34(16-20-21(29)8-6-9-22(20)30)26(36)17-35(25-11-7-10-23(31)27(25)32)40(38,39)19-14-12-18(3)13-15-19/h6-15,24H,4-5,16-17H2,1-3H3,(H,33,37). The van der Waals surface area contributed by atoms with Gasteiger partial charge < -0.3 is 10.2 Å². The van der Waals surface area contributed by atoms with Gasteiger partial charge >= 0.3 is 0 Å². The molecule has 0 spiro atoms. The molecule has 0 saturated carbocycles. The fourth-order valence-corrected chi connectivity index (χ4v) is 6.49. The van der Waals surface area contributed by atoms with Gasteiger partial charge in [-0.1, -0.05) is 83.2 Å². The van der Waals surface area contributed by atoms with Gasteiger partial charge in [0, 0.05) is 28.7 Å². The summed E-state index contributed by atoms with van der Waals surface area (Å²) in [6.45, 7) is 4.89. The third-order valence-corrected chi connectivity index (χ3v) is 9.51. The third kappa shape index (κ3) is 7.22. The van der Waals surface area contributed by atoms with E-state index in [1.807, 2.05) is 6.92 Å². The molecule has 12 heteroatoms. The predicted molar refractivity (Wildman–Crippen MR) is 162 cm³/mol. The van der Waals surface area contributed by atoms with E-state index < -0.39 is 34.4 Å². The summed E-state index contributed by atoms with van der Waals surface area (Å²) >= 11 is 25.5. The first-order valence-electron chi connectivity index (χ1n) is 12.5. The van der Waals surface area contributed by atoms with Crippen LogP contribution < -0.4 is 9.62 Å². The number of carbonyl (C=O) groups is 2. The molecule has 0 aliphatic carbocycles. The molecule has 0 heterocycles. The molecule has 0 fully saturated rings. The van der Waals surface area contributed by atoms with Gasteiger partial charge in [-0.2, -0.15) is 0 Å². The number of nitrogens with one attached hydrogen (secondary N) is 1. The Balaban J connectivity index is 2.14. The highest BCUT2D eigenvalue weighted by molar-refractivity contribution is 7.92. The summed E-state index contributed by atoms with van der Waals surface area (Å²) in [6, 6.07) is 14.7. The summed E-state index contributed by atoms with van der Waals surface area (Å²) in [4.78, 5) is 28.4. The Hall–Kier alpha value is -2.49. The van der Waals surface area contributed by atoms with Crippen molar-refractivity contribution in [3.63, 3.8) is 0 Å². The zero-order valence-corrected chi connectivity index (χ0v) is 26.0. The molecule has 0 radical (unpaired) electrons. The van der Waals surface area contributed by atoms with Gasteiger partial charge in [0.15, 0.2) is 0 Å². The quantitative estimate of drug-likeness (QED) is 0.250. The summed E-state index contributed by atoms with van der Waals surface area (Å²) in [7, 11) is -4.30. The molecular weight excluding hydrogens is 616 g/mol. The van der Waals surface area contributed by atoms with Gasteiger partial charge in [0.1, 0.15) is 12.6 Å². The van der Waals surface area contributed by atoms with E-state index in [4.69, 9.17) is 46.4 Å². The van der Waals surface area contributed by atoms with Gasteiger partial charge in [-0.3, -0.25) is 13.9 Å². The van der Waals surface area contributed by atoms with Crippen molar-refractivity contribution in [1.82, 2.24) is 10.2 Å². The molecule has 3 rings (SSSR count). The van der Waals surface area contributed by atoms with Crippen molar-refractivity contribution in [3.05, 3.63) is 91.9 Å². The van der Waals surface area contributed by atoms with Crippen molar-refractivity contribution in [2.24, 2.45) is 0 Å². The average molecular weight is 645 g/mol. The van der Waals surface area contributed by atoms with Crippen molar-refractivity contribution in [2.45, 2.75) is 44.7 Å². The van der Waals surface area contributed by atoms with Crippen molar-refractivity contribution in [3.8, 4) is 0 Å². The van der Waals surface area contributed by atoms with E-state index in [1.165, 1.54) is 35.2 Å². The van der Waals surface area contributed by atoms with Crippen molar-refractivity contribution in [2.75, 3.05) is 17.4 Å². The van der Waals surface area contributed by atoms with E-state index in [2.05, 4.69) is 5.32 Å². The molecule has 1 unspecified atom stereocenters. The van der Waals surface area contributed by atoms with Crippen LogP contribution in [0.2, 0.25) is 20.1 Å². The molecule has 0 aliphatic heterocycles. The second kappa shape index (κ2) is 13.9. The lowest BCUT2D eigenvalue weighted by atomic mass is 10.1. The van der Waals surface area contributed by atoms with E-state index in [0.29, 0.717) is 22.2 Å². The number of likely N-dealkylation sites (N-methyl/N-ethyl adjacent to an activating group) is 1. The molecule has 1 atom stereocenters. The summed E-state index contributed by atoms with van der Waals surface area (Å²) in [5.74, 6) is -1.06. The highest BCUT2D eigenvalue weighted by Crippen LogP contribution is 2.36. The Morgan fingerprint density at radius 2 is 1.45 bits per heavy atom. The molecule has 3 aromatic rings. The van der Waals surface area contributed by atoms with E-state index >= 15 is 0 Å². The molecular formula is C28H29Cl4N3O4S. The highest BCUT2D eigenvalue weighted by Gasteiger charge is 2.35. The maximum Gasteiger partial charge on any atom is 0.264 e. The van der Waals surface area contributed by atoms with Crippen LogP contribution in [0.4, 0.5) is 5.69 Å². The van der Waals surface area contributed by atoms with Crippen LogP contribution in [-0.4, -0.2) is 44.3 Å². The van der Waals surface area contributed by atoms with Crippen LogP contribution in [0.25, 0.3) is 0 Å². The van der Waals surface area contributed by atoms with Gasteiger partial charge in [-0.05, 0) is 56.7 Å². The van der Waals surface area contributed by atoms with Gasteiger partial charge in [0.25, 0.3) is 10.0 Å². The average Bonchev–Trinajstić information content (AvgIpc) is 2.91. The molecule has 2 amide bonds. The lowest BCUT2D eigenvalue weighted by molar-refractivity contribution is -0.140. The number of benzene rings is 3. The van der Waals surface area contributed by atoms with Crippen molar-refractivity contribution >= 4 is 73.9 Å². The van der Waals surface area contributed by atoms with Crippen LogP contribution in [0.5, 0.6) is 0 Å². The first kappa shape index (κ1) is 32.0. The Bertz CT molecular complexity index is 1460. The lowest BCUT2D eigenvalue weighted by Crippen LogP contribution is -2.52. The highest BCUT2D eigenvalue weighted by atomic mass is 35.5. The number of carbonyl (C=O) groups excluding carboxylic acids is 2. The van der Waals surface area contributed by atoms with Crippen LogP contribution in [0.1, 0.15) is 31.4 Å². The molecule has 0 bridgehead atoms. The molecule has 0 aromatic heterocycles. The van der Waals surface area contributed by atoms with E-state index in [9.17, 15) is 18.0 Å². The number of anilines is 1. The van der Waals surface area contributed by atoms with Crippen LogP contribution in [0.3, 0.4) is 0 Å². The van der Waals surface area contributed by atoms with Gasteiger partial charge in [-0.15, -0.1) is 0 Å². The van der Waals surface area contributed by atoms with Crippen LogP contribution in [-0.2, 0) is 26.2 Å². The van der Waals surface area contributed by atoms with E-state index in [-0.39, 0.29) is 33.6 Å². The molecule has 0 aliphatic rings. The lowest BCUT2D eigenvalue weighted by Gasteiger charge is -2.33. The Labute approximate surface area is 255 Å². The molecule has 1 N–H and O–H groups in total. The smallest absolute Gasteiger partial charge is 0.264 e. The number of hydrogen-bond acceptors (Lipinski definition) is 4. The fourth-order valence-electron chi connectivity index (χ4n) is 4.10. The number of nitrogens with zero attached hydrogens (tertiary/aromatic N) is 2. The fraction of sp³-hybridized carbons (Fsp3) is 0.286. The first-order chi connectivity index (χ1) is 18.9. The minimum atomic E-state index is -4.30. The number of halogens is 4. The summed E-state index contributed by atoms with van der Waals surface area (Å²) in [5.41, 5.74) is 1.30. The minimum absolute atomic E-state index is 0.0184. The Kier molecular flexibility index (Phi) is 11.1. The Morgan fingerprint density at radius 1 is 0.875 bits per heavy atom. The van der Waals surface area contributed by atoms with Gasteiger partial charge in [0.05, 0.1) is 20.6 Å². The first-order valence-corrected chi connectivity index (χ1v) is 15.4. The zero-order valence-electron chi connectivity index (χ0n) is 22.1. The van der Waals surface area contributed by atoms with Crippen LogP contribution >= 0.6 is 46.4 Å². The maximum atomic E-state index is 14.1. The molecule has 3 aromatic carbocycles. The normalized spacial score (nSPS) is 12.1. The summed E-state index contributed by atoms with van der Waals surface area (Å²) in [5, 5.41) is 3.43. The van der Waals surface area contributed by atoms with E-state index in [0.717, 1.165) is 9.87 Å². The van der Waals surface area contributed by atoms with E-state index in [1.54, 1.807) is 44.2 Å². The molecule has 40 heavy (non-hydrogen) atoms. The van der Waals surface area contributed by atoms with Crippen LogP contribution in [0.15, 0.2) is 65.6 Å². The largest absolute Gasteiger partial charge is 0.355 e. The van der Waals surface area contributed by atoms with Crippen molar-refractivity contribution < 1.29 is 18.0 Å². The van der Waals surface area contributed by atoms with Crippen molar-refractivity contribution in [1.29, 1.82) is 0 Å². The molecule has 0 saturated heterocycles. The number of hydrogen-bond donors (Lipinski definition) is 1. The summed E-state index contributed by atoms with van der Waals surface area (Å²) in [6.07, 6.45) is 0.252. The van der Waals surface area contributed by atoms with Crippen LogP contribution in [0, 0.1) is 6.92 Å². The van der Waals surface area contributed by atoms with Gasteiger partial charge in [0.2, 0.25) is 11.8 Å². The molecule has 7 nitrogen and oxygen atoms in total. The number of rotatable bonds is 11. The third-order valence-electron chi connectivity index (χ3n) is 6.21. The second-order valence-electron chi connectivity index (χ2n) is 8.94. The Morgan fingerprint density at radius 3 is 2.02 bits per heavy atom. The number of amides is 2. The second-order valence-corrected chi connectivity index (χ2v) is 12.4. The monoisotopic (exact) mass is 643 g/mol. The summed E-state index contributed by atoms with van der Waals surface area (Å²) < 4.78 is 28.8. The number of sulfonamides is 1. The predicted octanol–water partition coefficient (Wildman–Crippen LogP) is 6.75. The van der Waals surface area contributed by atoms with Gasteiger partial charge in [-0.25, -0.2) is 8.42 Å². The zero-order chi connectivity index (χ0) is 29.6. The molecule has 214 valence electrons. The maximum absolute atomic E-state index is 14.1. The minimum Gasteiger partial charge on any atom is -0.355 e. The topological polar surface area (TPSA) is 86.8 Å². The number of aryl methyl sites for hydroxylation is 1.